The van der Waals surface area contributed by atoms with E-state index in [-0.39, 0.29) is 11.9 Å². The summed E-state index contributed by atoms with van der Waals surface area (Å²) in [6.45, 7) is 1.12. The fourth-order valence-corrected chi connectivity index (χ4v) is 6.15. The molecule has 0 aliphatic carbocycles. The second kappa shape index (κ2) is 7.02. The number of nitrogens with one attached hydrogen (secondary N) is 1. The van der Waals surface area contributed by atoms with E-state index in [9.17, 15) is 13.2 Å². The van der Waals surface area contributed by atoms with Crippen molar-refractivity contribution in [2.45, 2.75) is 23.1 Å². The zero-order chi connectivity index (χ0) is 16.4. The molecule has 1 aliphatic heterocycles. The van der Waals surface area contributed by atoms with Gasteiger partial charge in [0.1, 0.15) is 4.21 Å². The molecule has 0 atom stereocenters. The van der Waals surface area contributed by atoms with Gasteiger partial charge in [0.25, 0.3) is 5.91 Å². The lowest BCUT2D eigenvalue weighted by molar-refractivity contribution is 0.0716. The van der Waals surface area contributed by atoms with Crippen LogP contribution in [0.4, 0.5) is 0 Å². The van der Waals surface area contributed by atoms with Crippen LogP contribution < -0.4 is 4.72 Å². The quantitative estimate of drug-likeness (QED) is 0.803. The molecule has 0 bridgehead atoms. The van der Waals surface area contributed by atoms with Gasteiger partial charge >= 0.3 is 0 Å². The van der Waals surface area contributed by atoms with Crippen LogP contribution >= 0.6 is 38.6 Å². The van der Waals surface area contributed by atoms with Crippen molar-refractivity contribution < 1.29 is 13.2 Å². The van der Waals surface area contributed by atoms with E-state index in [4.69, 9.17) is 0 Å². The maximum absolute atomic E-state index is 12.4. The van der Waals surface area contributed by atoms with Gasteiger partial charge < -0.3 is 4.90 Å². The number of hydrogen-bond acceptors (Lipinski definition) is 5. The number of carbonyl (C=O) groups excluding carboxylic acids is 1. The van der Waals surface area contributed by atoms with E-state index < -0.39 is 10.0 Å². The highest BCUT2D eigenvalue weighted by Gasteiger charge is 2.28. The van der Waals surface area contributed by atoms with Crippen LogP contribution in [0, 0.1) is 0 Å². The van der Waals surface area contributed by atoms with Crippen LogP contribution in [-0.2, 0) is 10.0 Å². The Bertz CT molecular complexity index is 778. The average Bonchev–Trinajstić information content (AvgIpc) is 3.18. The number of thiophene rings is 2. The molecule has 0 saturated carbocycles. The van der Waals surface area contributed by atoms with Gasteiger partial charge in [0.2, 0.25) is 10.0 Å². The van der Waals surface area contributed by atoms with Gasteiger partial charge in [-0.3, -0.25) is 4.79 Å². The summed E-state index contributed by atoms with van der Waals surface area (Å²) in [6.07, 6.45) is 1.26. The summed E-state index contributed by atoms with van der Waals surface area (Å²) in [4.78, 5) is 14.9. The molecule has 0 unspecified atom stereocenters. The van der Waals surface area contributed by atoms with Crippen LogP contribution in [0.2, 0.25) is 0 Å². The Hall–Kier alpha value is -0.740. The lowest BCUT2D eigenvalue weighted by atomic mass is 10.1. The number of piperidine rings is 1. The van der Waals surface area contributed by atoms with Gasteiger partial charge in [0, 0.05) is 19.1 Å². The van der Waals surface area contributed by atoms with Crippen LogP contribution in [0.25, 0.3) is 0 Å². The second-order valence-corrected chi connectivity index (χ2v) is 10.6. The number of sulfonamides is 1. The van der Waals surface area contributed by atoms with Crippen LogP contribution in [0.15, 0.2) is 37.6 Å². The molecule has 1 N–H and O–H groups in total. The van der Waals surface area contributed by atoms with Gasteiger partial charge in [-0.25, -0.2) is 13.1 Å². The molecule has 2 aromatic heterocycles. The first-order valence-electron chi connectivity index (χ1n) is 7.06. The van der Waals surface area contributed by atoms with Crippen molar-refractivity contribution >= 4 is 54.5 Å². The first kappa shape index (κ1) is 17.1. The van der Waals surface area contributed by atoms with Crippen molar-refractivity contribution in [3.8, 4) is 0 Å². The molecular formula is C14H15BrN2O3S3. The molecule has 124 valence electrons. The van der Waals surface area contributed by atoms with Crippen LogP contribution in [-0.4, -0.2) is 38.4 Å². The minimum Gasteiger partial charge on any atom is -0.338 e. The maximum Gasteiger partial charge on any atom is 0.263 e. The summed E-state index contributed by atoms with van der Waals surface area (Å²) in [6, 6.07) is 6.86. The summed E-state index contributed by atoms with van der Waals surface area (Å²) >= 11 is 5.98. The smallest absolute Gasteiger partial charge is 0.263 e. The number of hydrogen-bond donors (Lipinski definition) is 1. The van der Waals surface area contributed by atoms with Gasteiger partial charge in [-0.15, -0.1) is 22.7 Å². The van der Waals surface area contributed by atoms with Crippen LogP contribution in [0.1, 0.15) is 22.5 Å². The summed E-state index contributed by atoms with van der Waals surface area (Å²) in [7, 11) is -3.44. The highest BCUT2D eigenvalue weighted by atomic mass is 79.9. The molecule has 1 amide bonds. The summed E-state index contributed by atoms with van der Waals surface area (Å²) < 4.78 is 28.4. The molecule has 3 rings (SSSR count). The SMILES string of the molecule is O=C(c1ccc(Br)s1)N1CCC(NS(=O)(=O)c2cccs2)CC1. The van der Waals surface area contributed by atoms with Gasteiger partial charge in [-0.2, -0.15) is 0 Å². The van der Waals surface area contributed by atoms with E-state index in [1.54, 1.807) is 22.4 Å². The number of rotatable bonds is 4. The van der Waals surface area contributed by atoms with E-state index in [1.807, 2.05) is 12.1 Å². The summed E-state index contributed by atoms with van der Waals surface area (Å²) in [5.41, 5.74) is 0. The molecule has 2 aromatic rings. The van der Waals surface area contributed by atoms with Gasteiger partial charge in [-0.1, -0.05) is 6.07 Å². The number of likely N-dealkylation sites (tertiary alicyclic amines) is 1. The minimum absolute atomic E-state index is 0.0141. The highest BCUT2D eigenvalue weighted by molar-refractivity contribution is 9.11. The first-order chi connectivity index (χ1) is 11.0. The highest BCUT2D eigenvalue weighted by Crippen LogP contribution is 2.25. The van der Waals surface area contributed by atoms with E-state index in [2.05, 4.69) is 20.7 Å². The van der Waals surface area contributed by atoms with Crippen molar-refractivity contribution in [1.82, 2.24) is 9.62 Å². The Morgan fingerprint density at radius 1 is 1.26 bits per heavy atom. The third kappa shape index (κ3) is 4.03. The second-order valence-electron chi connectivity index (χ2n) is 5.22. The molecule has 1 aliphatic rings. The molecule has 1 saturated heterocycles. The summed E-state index contributed by atoms with van der Waals surface area (Å²) in [5, 5.41) is 1.75. The van der Waals surface area contributed by atoms with Crippen LogP contribution in [0.3, 0.4) is 0 Å². The molecule has 3 heterocycles. The van der Waals surface area contributed by atoms with E-state index in [1.165, 1.54) is 22.7 Å². The molecule has 0 radical (unpaired) electrons. The third-order valence-corrected chi connectivity index (χ3v) is 8.18. The third-order valence-electron chi connectivity index (χ3n) is 3.65. The first-order valence-corrected chi connectivity index (χ1v) is 11.0. The van der Waals surface area contributed by atoms with E-state index in [0.29, 0.717) is 35.0 Å². The zero-order valence-corrected chi connectivity index (χ0v) is 16.1. The number of halogens is 1. The Morgan fingerprint density at radius 2 is 2.00 bits per heavy atom. The largest absolute Gasteiger partial charge is 0.338 e. The molecule has 9 heteroatoms. The van der Waals surface area contributed by atoms with Crippen molar-refractivity contribution in [3.05, 3.63) is 38.3 Å². The standard InChI is InChI=1S/C14H15BrN2O3S3/c15-12-4-3-11(22-12)14(18)17-7-5-10(6-8-17)16-23(19,20)13-2-1-9-21-13/h1-4,9-10,16H,5-8H2. The molecular weight excluding hydrogens is 420 g/mol. The topological polar surface area (TPSA) is 66.5 Å². The zero-order valence-electron chi connectivity index (χ0n) is 12.1. The lowest BCUT2D eigenvalue weighted by Crippen LogP contribution is -2.46. The van der Waals surface area contributed by atoms with E-state index in [0.717, 1.165) is 3.79 Å². The number of nitrogens with zero attached hydrogens (tertiary/aromatic N) is 1. The monoisotopic (exact) mass is 434 g/mol. The number of amides is 1. The fraction of sp³-hybridized carbons (Fsp3) is 0.357. The Morgan fingerprint density at radius 3 is 2.57 bits per heavy atom. The van der Waals surface area contributed by atoms with Crippen molar-refractivity contribution in [2.24, 2.45) is 0 Å². The fourth-order valence-electron chi connectivity index (χ4n) is 2.48. The summed E-state index contributed by atoms with van der Waals surface area (Å²) in [5.74, 6) is 0.0141. The van der Waals surface area contributed by atoms with Crippen molar-refractivity contribution in [1.29, 1.82) is 0 Å². The predicted molar refractivity (Wildman–Crippen MR) is 95.6 cm³/mol. The molecule has 5 nitrogen and oxygen atoms in total. The lowest BCUT2D eigenvalue weighted by Gasteiger charge is -2.31. The molecule has 0 spiro atoms. The van der Waals surface area contributed by atoms with Crippen molar-refractivity contribution in [2.75, 3.05) is 13.1 Å². The Kier molecular flexibility index (Phi) is 5.22. The van der Waals surface area contributed by atoms with Gasteiger partial charge in [0.15, 0.2) is 0 Å². The van der Waals surface area contributed by atoms with Crippen LogP contribution in [0.5, 0.6) is 0 Å². The Labute approximate surface area is 151 Å². The molecule has 0 aromatic carbocycles. The predicted octanol–water partition coefficient (Wildman–Crippen LogP) is 3.16. The molecule has 1 fully saturated rings. The van der Waals surface area contributed by atoms with Crippen molar-refractivity contribution in [3.63, 3.8) is 0 Å². The molecule has 23 heavy (non-hydrogen) atoms. The maximum atomic E-state index is 12.4. The number of carbonyl (C=O) groups is 1. The van der Waals surface area contributed by atoms with Gasteiger partial charge in [-0.05, 0) is 52.4 Å². The van der Waals surface area contributed by atoms with E-state index >= 15 is 0 Å². The van der Waals surface area contributed by atoms with Gasteiger partial charge in [0.05, 0.1) is 8.66 Å². The normalized spacial score (nSPS) is 16.7. The average molecular weight is 435 g/mol. The minimum atomic E-state index is -3.44. The Balaban J connectivity index is 1.57.